The zero-order valence-electron chi connectivity index (χ0n) is 14.0. The van der Waals surface area contributed by atoms with Gasteiger partial charge in [0.2, 0.25) is 0 Å². The van der Waals surface area contributed by atoms with E-state index in [4.69, 9.17) is 4.74 Å². The first kappa shape index (κ1) is 17.0. The van der Waals surface area contributed by atoms with E-state index in [0.29, 0.717) is 6.54 Å². The Morgan fingerprint density at radius 2 is 1.74 bits per heavy atom. The molecule has 1 atom stereocenters. The molecule has 0 aliphatic heterocycles. The van der Waals surface area contributed by atoms with Gasteiger partial charge >= 0.3 is 0 Å². The van der Waals surface area contributed by atoms with Crippen molar-refractivity contribution >= 4 is 5.96 Å². The Morgan fingerprint density at radius 1 is 1.04 bits per heavy atom. The van der Waals surface area contributed by atoms with Gasteiger partial charge in [0.25, 0.3) is 0 Å². The van der Waals surface area contributed by atoms with Crippen molar-refractivity contribution in [3.05, 3.63) is 71.3 Å². The largest absolute Gasteiger partial charge is 0.375 e. The Morgan fingerprint density at radius 3 is 2.39 bits per heavy atom. The zero-order chi connectivity index (χ0) is 16.5. The molecular formula is C19H25N3O. The summed E-state index contributed by atoms with van der Waals surface area (Å²) in [6, 6.07) is 18.5. The van der Waals surface area contributed by atoms with Crippen LogP contribution in [0.5, 0.6) is 0 Å². The van der Waals surface area contributed by atoms with E-state index in [1.165, 1.54) is 11.1 Å². The van der Waals surface area contributed by atoms with Crippen molar-refractivity contribution in [2.45, 2.75) is 19.6 Å². The van der Waals surface area contributed by atoms with Crippen LogP contribution in [0.4, 0.5) is 0 Å². The highest BCUT2D eigenvalue weighted by atomic mass is 16.5. The predicted molar refractivity (Wildman–Crippen MR) is 95.6 cm³/mol. The second kappa shape index (κ2) is 8.96. The van der Waals surface area contributed by atoms with E-state index in [9.17, 15) is 0 Å². The lowest BCUT2D eigenvalue weighted by Gasteiger charge is -2.19. The van der Waals surface area contributed by atoms with Gasteiger partial charge in [0, 0.05) is 27.2 Å². The van der Waals surface area contributed by atoms with Crippen LogP contribution in [-0.4, -0.2) is 26.7 Å². The highest BCUT2D eigenvalue weighted by Gasteiger charge is 2.10. The van der Waals surface area contributed by atoms with E-state index in [1.807, 2.05) is 18.2 Å². The Bertz CT molecular complexity index is 626. The minimum Gasteiger partial charge on any atom is -0.375 e. The van der Waals surface area contributed by atoms with Gasteiger partial charge in [-0.3, -0.25) is 4.99 Å². The molecule has 0 bridgehead atoms. The number of hydrogen-bond donors (Lipinski definition) is 2. The van der Waals surface area contributed by atoms with Gasteiger partial charge in [0.05, 0.1) is 6.10 Å². The van der Waals surface area contributed by atoms with Crippen LogP contribution in [0, 0.1) is 6.92 Å². The van der Waals surface area contributed by atoms with Crippen molar-refractivity contribution in [2.24, 2.45) is 4.99 Å². The molecule has 2 aromatic rings. The molecule has 0 heterocycles. The molecule has 2 N–H and O–H groups in total. The molecule has 23 heavy (non-hydrogen) atoms. The quantitative estimate of drug-likeness (QED) is 0.637. The molecule has 2 aromatic carbocycles. The number of guanidine groups is 1. The number of rotatable bonds is 6. The molecule has 0 spiro atoms. The third-order valence-electron chi connectivity index (χ3n) is 3.84. The molecular weight excluding hydrogens is 286 g/mol. The Labute approximate surface area is 138 Å². The molecule has 0 radical (unpaired) electrons. The van der Waals surface area contributed by atoms with Crippen LogP contribution in [0.25, 0.3) is 0 Å². The first-order valence-corrected chi connectivity index (χ1v) is 7.81. The van der Waals surface area contributed by atoms with Gasteiger partial charge in [-0.15, -0.1) is 0 Å². The molecule has 0 aliphatic rings. The van der Waals surface area contributed by atoms with Gasteiger partial charge in [0.1, 0.15) is 0 Å². The number of aliphatic imine (C=N–C) groups is 1. The summed E-state index contributed by atoms with van der Waals surface area (Å²) in [5, 5.41) is 6.66. The summed E-state index contributed by atoms with van der Waals surface area (Å²) in [4.78, 5) is 4.27. The molecule has 1 unspecified atom stereocenters. The molecule has 0 fully saturated rings. The Kier molecular flexibility index (Phi) is 6.63. The second-order valence-electron chi connectivity index (χ2n) is 5.37. The van der Waals surface area contributed by atoms with E-state index in [2.05, 4.69) is 58.9 Å². The van der Waals surface area contributed by atoms with Gasteiger partial charge in [-0.05, 0) is 23.6 Å². The highest BCUT2D eigenvalue weighted by molar-refractivity contribution is 5.79. The molecule has 0 saturated carbocycles. The van der Waals surface area contributed by atoms with Gasteiger partial charge in [-0.2, -0.15) is 0 Å². The number of nitrogens with zero attached hydrogens (tertiary/aromatic N) is 1. The average molecular weight is 311 g/mol. The third kappa shape index (κ3) is 5.11. The SMILES string of the molecule is CN=C(NCc1ccccc1C)NCC(OC)c1ccccc1. The lowest BCUT2D eigenvalue weighted by Crippen LogP contribution is -2.39. The number of methoxy groups -OCH3 is 1. The third-order valence-corrected chi connectivity index (χ3v) is 3.84. The van der Waals surface area contributed by atoms with Crippen LogP contribution >= 0.6 is 0 Å². The fourth-order valence-electron chi connectivity index (χ4n) is 2.40. The standard InChI is InChI=1S/C19H25N3O/c1-15-9-7-8-12-17(15)13-21-19(20-2)22-14-18(23-3)16-10-5-4-6-11-16/h4-12,18H,13-14H2,1-3H3,(H2,20,21,22). The number of ether oxygens (including phenoxy) is 1. The van der Waals surface area contributed by atoms with E-state index in [-0.39, 0.29) is 6.10 Å². The van der Waals surface area contributed by atoms with E-state index in [1.54, 1.807) is 14.2 Å². The molecule has 122 valence electrons. The zero-order valence-corrected chi connectivity index (χ0v) is 14.0. The number of benzene rings is 2. The minimum absolute atomic E-state index is 0.00629. The Hall–Kier alpha value is -2.33. The number of nitrogens with one attached hydrogen (secondary N) is 2. The summed E-state index contributed by atoms with van der Waals surface area (Å²) in [5.74, 6) is 0.770. The second-order valence-corrected chi connectivity index (χ2v) is 5.37. The fraction of sp³-hybridized carbons (Fsp3) is 0.316. The summed E-state index contributed by atoms with van der Waals surface area (Å²) in [5.41, 5.74) is 3.69. The van der Waals surface area contributed by atoms with Crippen molar-refractivity contribution in [1.82, 2.24) is 10.6 Å². The number of aryl methyl sites for hydroxylation is 1. The topological polar surface area (TPSA) is 45.7 Å². The van der Waals surface area contributed by atoms with Crippen LogP contribution in [0.15, 0.2) is 59.6 Å². The summed E-state index contributed by atoms with van der Waals surface area (Å²) < 4.78 is 5.57. The monoisotopic (exact) mass is 311 g/mol. The van der Waals surface area contributed by atoms with Crippen molar-refractivity contribution in [3.8, 4) is 0 Å². The first-order chi connectivity index (χ1) is 11.2. The van der Waals surface area contributed by atoms with Crippen molar-refractivity contribution < 1.29 is 4.74 Å². The van der Waals surface area contributed by atoms with Crippen LogP contribution in [0.3, 0.4) is 0 Å². The summed E-state index contributed by atoms with van der Waals surface area (Å²) in [6.07, 6.45) is -0.00629. The first-order valence-electron chi connectivity index (χ1n) is 7.81. The van der Waals surface area contributed by atoms with Gasteiger partial charge < -0.3 is 15.4 Å². The summed E-state index contributed by atoms with van der Waals surface area (Å²) >= 11 is 0. The molecule has 0 aliphatic carbocycles. The fourth-order valence-corrected chi connectivity index (χ4v) is 2.40. The van der Waals surface area contributed by atoms with Crippen molar-refractivity contribution in [1.29, 1.82) is 0 Å². The normalized spacial score (nSPS) is 12.7. The Balaban J connectivity index is 1.88. The highest BCUT2D eigenvalue weighted by Crippen LogP contribution is 2.14. The maximum atomic E-state index is 5.57. The lowest BCUT2D eigenvalue weighted by atomic mass is 10.1. The average Bonchev–Trinajstić information content (AvgIpc) is 2.60. The van der Waals surface area contributed by atoms with E-state index >= 15 is 0 Å². The molecule has 4 heteroatoms. The molecule has 0 amide bonds. The van der Waals surface area contributed by atoms with Crippen LogP contribution in [0.2, 0.25) is 0 Å². The molecule has 0 saturated heterocycles. The van der Waals surface area contributed by atoms with Crippen molar-refractivity contribution in [2.75, 3.05) is 20.7 Å². The number of hydrogen-bond acceptors (Lipinski definition) is 2. The van der Waals surface area contributed by atoms with Crippen LogP contribution in [0.1, 0.15) is 22.8 Å². The van der Waals surface area contributed by atoms with E-state index in [0.717, 1.165) is 18.1 Å². The maximum absolute atomic E-state index is 5.57. The van der Waals surface area contributed by atoms with E-state index < -0.39 is 0 Å². The molecule has 2 rings (SSSR count). The molecule has 4 nitrogen and oxygen atoms in total. The molecule has 0 aromatic heterocycles. The summed E-state index contributed by atoms with van der Waals surface area (Å²) in [7, 11) is 3.50. The predicted octanol–water partition coefficient (Wildman–Crippen LogP) is 3.05. The van der Waals surface area contributed by atoms with Gasteiger partial charge in [-0.25, -0.2) is 0 Å². The van der Waals surface area contributed by atoms with Crippen molar-refractivity contribution in [3.63, 3.8) is 0 Å². The van der Waals surface area contributed by atoms with Crippen LogP contribution < -0.4 is 10.6 Å². The smallest absolute Gasteiger partial charge is 0.191 e. The maximum Gasteiger partial charge on any atom is 0.191 e. The van der Waals surface area contributed by atoms with Gasteiger partial charge in [0.15, 0.2) is 5.96 Å². The summed E-state index contributed by atoms with van der Waals surface area (Å²) in [6.45, 7) is 3.52. The minimum atomic E-state index is -0.00629. The lowest BCUT2D eigenvalue weighted by molar-refractivity contribution is 0.106. The van der Waals surface area contributed by atoms with Gasteiger partial charge in [-0.1, -0.05) is 54.6 Å². The van der Waals surface area contributed by atoms with Crippen LogP contribution in [-0.2, 0) is 11.3 Å².